The number of tetrazole rings is 1. The minimum Gasteiger partial charge on any atom is -0.376 e. The molecule has 1 aliphatic heterocycles. The first-order valence-corrected chi connectivity index (χ1v) is 13.8. The highest BCUT2D eigenvalue weighted by Gasteiger charge is 2.33. The van der Waals surface area contributed by atoms with Crippen LogP contribution in [0.2, 0.25) is 0 Å². The standard InChI is InChI=1S/C28H40N6O2/c1-4-9-25(27-30-31-32-34(27)18-24-12-8-13-36-24)33(23-10-6-5-7-11-23)17-22-16-21-15-19(2)14-20(3)26(21)29-28(22)35/h14-16,23-25H,4-13,17-18H2,1-3H3,(H,29,35)/t24-,25-/m1/s1. The summed E-state index contributed by atoms with van der Waals surface area (Å²) >= 11 is 0. The van der Waals surface area contributed by atoms with E-state index in [1.54, 1.807) is 0 Å². The van der Waals surface area contributed by atoms with Crippen molar-refractivity contribution < 1.29 is 4.74 Å². The molecule has 1 saturated carbocycles. The van der Waals surface area contributed by atoms with Crippen molar-refractivity contribution in [1.29, 1.82) is 0 Å². The van der Waals surface area contributed by atoms with Gasteiger partial charge in [0.25, 0.3) is 5.56 Å². The molecule has 36 heavy (non-hydrogen) atoms. The highest BCUT2D eigenvalue weighted by molar-refractivity contribution is 5.82. The smallest absolute Gasteiger partial charge is 0.252 e. The number of hydrogen-bond donors (Lipinski definition) is 1. The fraction of sp³-hybridized carbons (Fsp3) is 0.643. The molecule has 1 aromatic carbocycles. The predicted molar refractivity (Wildman–Crippen MR) is 141 cm³/mol. The molecule has 194 valence electrons. The summed E-state index contributed by atoms with van der Waals surface area (Å²) < 4.78 is 7.86. The maximum Gasteiger partial charge on any atom is 0.252 e. The largest absolute Gasteiger partial charge is 0.376 e. The van der Waals surface area contributed by atoms with Gasteiger partial charge in [0, 0.05) is 24.8 Å². The Morgan fingerprint density at radius 2 is 1.97 bits per heavy atom. The lowest BCUT2D eigenvalue weighted by Crippen LogP contribution is -2.41. The third kappa shape index (κ3) is 5.39. The first-order valence-electron chi connectivity index (χ1n) is 13.8. The average molecular weight is 493 g/mol. The molecular formula is C28H40N6O2. The Balaban J connectivity index is 1.52. The molecule has 0 unspecified atom stereocenters. The molecule has 2 fully saturated rings. The fourth-order valence-corrected chi connectivity index (χ4v) is 6.23. The predicted octanol–water partition coefficient (Wildman–Crippen LogP) is 4.99. The van der Waals surface area contributed by atoms with Crippen molar-refractivity contribution in [3.63, 3.8) is 0 Å². The topological polar surface area (TPSA) is 88.9 Å². The van der Waals surface area contributed by atoms with Gasteiger partial charge in [0.2, 0.25) is 0 Å². The van der Waals surface area contributed by atoms with Crippen molar-refractivity contribution in [2.24, 2.45) is 0 Å². The minimum atomic E-state index is 0.00413. The van der Waals surface area contributed by atoms with E-state index >= 15 is 0 Å². The van der Waals surface area contributed by atoms with E-state index in [9.17, 15) is 4.79 Å². The Morgan fingerprint density at radius 1 is 1.14 bits per heavy atom. The van der Waals surface area contributed by atoms with Gasteiger partial charge in [0.1, 0.15) is 0 Å². The molecule has 3 aromatic rings. The monoisotopic (exact) mass is 492 g/mol. The molecular weight excluding hydrogens is 452 g/mol. The lowest BCUT2D eigenvalue weighted by atomic mass is 9.91. The van der Waals surface area contributed by atoms with Gasteiger partial charge in [0.05, 0.1) is 24.2 Å². The summed E-state index contributed by atoms with van der Waals surface area (Å²) in [5, 5.41) is 14.1. The lowest BCUT2D eigenvalue weighted by molar-refractivity contribution is 0.0713. The van der Waals surface area contributed by atoms with Crippen LogP contribution in [0.3, 0.4) is 0 Å². The van der Waals surface area contributed by atoms with Crippen molar-refractivity contribution in [2.45, 2.75) is 110 Å². The highest BCUT2D eigenvalue weighted by atomic mass is 16.5. The Morgan fingerprint density at radius 3 is 2.72 bits per heavy atom. The molecule has 2 atom stereocenters. The fourth-order valence-electron chi connectivity index (χ4n) is 6.23. The molecule has 0 radical (unpaired) electrons. The van der Waals surface area contributed by atoms with E-state index in [2.05, 4.69) is 64.4 Å². The van der Waals surface area contributed by atoms with Crippen LogP contribution in [0.1, 0.15) is 93.3 Å². The van der Waals surface area contributed by atoms with Crippen molar-refractivity contribution in [3.8, 4) is 0 Å². The number of aromatic amines is 1. The van der Waals surface area contributed by atoms with Crippen LogP contribution in [0.25, 0.3) is 10.9 Å². The van der Waals surface area contributed by atoms with Gasteiger partial charge in [0.15, 0.2) is 5.82 Å². The molecule has 0 amide bonds. The summed E-state index contributed by atoms with van der Waals surface area (Å²) in [7, 11) is 0. The first kappa shape index (κ1) is 25.1. The van der Waals surface area contributed by atoms with Gasteiger partial charge in [-0.3, -0.25) is 9.69 Å². The zero-order valence-electron chi connectivity index (χ0n) is 22.0. The molecule has 1 saturated heterocycles. The van der Waals surface area contributed by atoms with Gasteiger partial charge in [-0.15, -0.1) is 5.10 Å². The molecule has 3 heterocycles. The van der Waals surface area contributed by atoms with Crippen LogP contribution in [0.4, 0.5) is 0 Å². The summed E-state index contributed by atoms with van der Waals surface area (Å²) in [6.07, 6.45) is 10.3. The van der Waals surface area contributed by atoms with Gasteiger partial charge in [-0.1, -0.05) is 44.2 Å². The molecule has 2 aromatic heterocycles. The molecule has 0 bridgehead atoms. The number of nitrogens with one attached hydrogen (secondary N) is 1. The molecule has 0 spiro atoms. The second kappa shape index (κ2) is 11.2. The zero-order valence-corrected chi connectivity index (χ0v) is 22.0. The van der Waals surface area contributed by atoms with Gasteiger partial charge in [-0.25, -0.2) is 4.68 Å². The maximum absolute atomic E-state index is 13.3. The quantitative estimate of drug-likeness (QED) is 0.453. The lowest BCUT2D eigenvalue weighted by Gasteiger charge is -2.39. The van der Waals surface area contributed by atoms with Gasteiger partial charge < -0.3 is 9.72 Å². The van der Waals surface area contributed by atoms with Gasteiger partial charge in [-0.2, -0.15) is 0 Å². The van der Waals surface area contributed by atoms with Crippen LogP contribution in [-0.2, 0) is 17.8 Å². The van der Waals surface area contributed by atoms with E-state index in [0.29, 0.717) is 19.1 Å². The van der Waals surface area contributed by atoms with Crippen LogP contribution in [-0.4, -0.2) is 48.8 Å². The number of fused-ring (bicyclic) bond motifs is 1. The molecule has 1 aliphatic carbocycles. The molecule has 2 aliphatic rings. The van der Waals surface area contributed by atoms with Crippen LogP contribution >= 0.6 is 0 Å². The number of rotatable bonds is 9. The molecule has 8 nitrogen and oxygen atoms in total. The first-order chi connectivity index (χ1) is 17.5. The van der Waals surface area contributed by atoms with Crippen LogP contribution < -0.4 is 5.56 Å². The van der Waals surface area contributed by atoms with E-state index in [-0.39, 0.29) is 17.7 Å². The summed E-state index contributed by atoms with van der Waals surface area (Å²) in [6.45, 7) is 8.49. The van der Waals surface area contributed by atoms with Crippen LogP contribution in [0.15, 0.2) is 23.0 Å². The average Bonchev–Trinajstić information content (AvgIpc) is 3.55. The Labute approximate surface area is 213 Å². The van der Waals surface area contributed by atoms with Crippen molar-refractivity contribution >= 4 is 10.9 Å². The van der Waals surface area contributed by atoms with Crippen molar-refractivity contribution in [2.75, 3.05) is 6.61 Å². The maximum atomic E-state index is 13.3. The van der Waals surface area contributed by atoms with Crippen molar-refractivity contribution in [3.05, 3.63) is 51.1 Å². The highest BCUT2D eigenvalue weighted by Crippen LogP contribution is 2.34. The zero-order chi connectivity index (χ0) is 25.1. The number of nitrogens with zero attached hydrogens (tertiary/aromatic N) is 5. The van der Waals surface area contributed by atoms with E-state index in [4.69, 9.17) is 4.74 Å². The van der Waals surface area contributed by atoms with Crippen molar-refractivity contribution in [1.82, 2.24) is 30.1 Å². The number of benzene rings is 1. The summed E-state index contributed by atoms with van der Waals surface area (Å²) in [6, 6.07) is 6.86. The molecule has 5 rings (SSSR count). The summed E-state index contributed by atoms with van der Waals surface area (Å²) in [5.74, 6) is 0.904. The number of ether oxygens (including phenoxy) is 1. The van der Waals surface area contributed by atoms with Gasteiger partial charge >= 0.3 is 0 Å². The normalized spacial score (nSPS) is 19.9. The van der Waals surface area contributed by atoms with E-state index in [1.165, 1.54) is 24.8 Å². The van der Waals surface area contributed by atoms with Crippen LogP contribution in [0, 0.1) is 13.8 Å². The Kier molecular flexibility index (Phi) is 7.82. The summed E-state index contributed by atoms with van der Waals surface area (Å²) in [4.78, 5) is 19.0. The van der Waals surface area contributed by atoms with E-state index in [0.717, 1.165) is 73.0 Å². The minimum absolute atomic E-state index is 0.00413. The number of aryl methyl sites for hydroxylation is 2. The second-order valence-electron chi connectivity index (χ2n) is 10.8. The summed E-state index contributed by atoms with van der Waals surface area (Å²) in [5.41, 5.74) is 4.07. The number of pyridine rings is 1. The Bertz CT molecular complexity index is 1220. The Hall–Kier alpha value is -2.58. The third-order valence-electron chi connectivity index (χ3n) is 7.99. The van der Waals surface area contributed by atoms with E-state index < -0.39 is 0 Å². The van der Waals surface area contributed by atoms with Gasteiger partial charge in [-0.05, 0) is 79.5 Å². The third-order valence-corrected chi connectivity index (χ3v) is 7.99. The second-order valence-corrected chi connectivity index (χ2v) is 10.8. The SMILES string of the molecule is CCC[C@H](c1nnnn1C[C@H]1CCCO1)N(Cc1cc2cc(C)cc(C)c2[nH]c1=O)C1CCCCC1. The number of H-pyrrole nitrogens is 1. The molecule has 8 heteroatoms. The number of aromatic nitrogens is 5. The van der Waals surface area contributed by atoms with E-state index in [1.807, 2.05) is 4.68 Å². The molecule has 1 N–H and O–H groups in total. The van der Waals surface area contributed by atoms with Crippen LogP contribution in [0.5, 0.6) is 0 Å². The number of hydrogen-bond acceptors (Lipinski definition) is 6.